The van der Waals surface area contributed by atoms with Crippen molar-refractivity contribution < 1.29 is 4.79 Å². The summed E-state index contributed by atoms with van der Waals surface area (Å²) in [7, 11) is 1.86. The highest BCUT2D eigenvalue weighted by Gasteiger charge is 2.44. The topological polar surface area (TPSA) is 58.4 Å². The lowest BCUT2D eigenvalue weighted by molar-refractivity contribution is -0.124. The van der Waals surface area contributed by atoms with E-state index in [1.165, 1.54) is 25.9 Å². The first kappa shape index (κ1) is 14.8. The van der Waals surface area contributed by atoms with E-state index in [9.17, 15) is 4.79 Å². The molecule has 0 spiro atoms. The van der Waals surface area contributed by atoms with Crippen molar-refractivity contribution in [2.24, 2.45) is 17.6 Å². The Morgan fingerprint density at radius 3 is 2.37 bits per heavy atom. The van der Waals surface area contributed by atoms with Gasteiger partial charge < -0.3 is 16.0 Å². The molecule has 110 valence electrons. The predicted octanol–water partition coefficient (Wildman–Crippen LogP) is 1.35. The van der Waals surface area contributed by atoms with Crippen LogP contribution >= 0.6 is 0 Å². The molecule has 2 rings (SSSR count). The number of primary amides is 1. The van der Waals surface area contributed by atoms with Gasteiger partial charge in [0.1, 0.15) is 0 Å². The summed E-state index contributed by atoms with van der Waals surface area (Å²) >= 11 is 0. The number of amides is 1. The van der Waals surface area contributed by atoms with Crippen LogP contribution in [0.3, 0.4) is 0 Å². The number of hydrogen-bond acceptors (Lipinski definition) is 3. The van der Waals surface area contributed by atoms with E-state index in [0.717, 1.165) is 31.1 Å². The zero-order valence-electron chi connectivity index (χ0n) is 12.6. The molecule has 1 saturated heterocycles. The third-order valence-electron chi connectivity index (χ3n) is 5.47. The number of hydrogen-bond donors (Lipinski definition) is 2. The van der Waals surface area contributed by atoms with E-state index in [-0.39, 0.29) is 5.91 Å². The number of piperidine rings is 1. The van der Waals surface area contributed by atoms with Crippen LogP contribution < -0.4 is 11.1 Å². The van der Waals surface area contributed by atoms with E-state index in [0.29, 0.717) is 6.04 Å². The van der Waals surface area contributed by atoms with Crippen LogP contribution in [0.2, 0.25) is 0 Å². The largest absolute Gasteiger partial charge is 0.368 e. The minimum absolute atomic E-state index is 0.186. The number of nitrogens with one attached hydrogen (secondary N) is 1. The van der Waals surface area contributed by atoms with Gasteiger partial charge in [-0.15, -0.1) is 0 Å². The average molecular weight is 267 g/mol. The van der Waals surface area contributed by atoms with Crippen LogP contribution in [0.15, 0.2) is 0 Å². The Morgan fingerprint density at radius 2 is 1.95 bits per heavy atom. The molecule has 1 aliphatic heterocycles. The standard InChI is InChI=1S/C15H29N3O/c1-11(2)12-5-8-18(9-6-12)13-4-7-15(10-13,17-3)14(16)19/h11-13,17H,4-10H2,1-3H3,(H2,16,19). The smallest absolute Gasteiger partial charge is 0.237 e. The number of likely N-dealkylation sites (tertiary alicyclic amines) is 1. The number of rotatable bonds is 4. The van der Waals surface area contributed by atoms with Crippen molar-refractivity contribution in [3.63, 3.8) is 0 Å². The Morgan fingerprint density at radius 1 is 1.32 bits per heavy atom. The van der Waals surface area contributed by atoms with E-state index >= 15 is 0 Å². The van der Waals surface area contributed by atoms with Crippen molar-refractivity contribution in [2.75, 3.05) is 20.1 Å². The molecule has 1 saturated carbocycles. The third-order valence-corrected chi connectivity index (χ3v) is 5.47. The molecule has 0 radical (unpaired) electrons. The van der Waals surface area contributed by atoms with E-state index in [1.807, 2.05) is 7.05 Å². The van der Waals surface area contributed by atoms with Crippen LogP contribution in [-0.4, -0.2) is 42.5 Å². The molecule has 0 aromatic rings. The van der Waals surface area contributed by atoms with E-state index < -0.39 is 5.54 Å². The number of nitrogens with two attached hydrogens (primary N) is 1. The fourth-order valence-electron chi connectivity index (χ4n) is 3.86. The Balaban J connectivity index is 1.90. The average Bonchev–Trinajstić information content (AvgIpc) is 2.84. The van der Waals surface area contributed by atoms with Gasteiger partial charge in [0.15, 0.2) is 0 Å². The molecule has 0 bridgehead atoms. The van der Waals surface area contributed by atoms with Crippen molar-refractivity contribution in [3.8, 4) is 0 Å². The summed E-state index contributed by atoms with van der Waals surface area (Å²) in [5.74, 6) is 1.49. The molecule has 1 amide bonds. The summed E-state index contributed by atoms with van der Waals surface area (Å²) in [6.45, 7) is 7.03. The van der Waals surface area contributed by atoms with Crippen LogP contribution in [0, 0.1) is 11.8 Å². The van der Waals surface area contributed by atoms with Crippen LogP contribution in [0.1, 0.15) is 46.0 Å². The molecule has 1 heterocycles. The highest BCUT2D eigenvalue weighted by molar-refractivity contribution is 5.85. The van der Waals surface area contributed by atoms with Gasteiger partial charge >= 0.3 is 0 Å². The molecule has 0 aromatic carbocycles. The summed E-state index contributed by atoms with van der Waals surface area (Å²) in [5.41, 5.74) is 5.12. The molecule has 2 fully saturated rings. The van der Waals surface area contributed by atoms with Gasteiger partial charge in [0.25, 0.3) is 0 Å². The maximum atomic E-state index is 11.7. The minimum atomic E-state index is -0.459. The number of carbonyl (C=O) groups is 1. The second-order valence-corrected chi connectivity index (χ2v) is 6.71. The zero-order valence-corrected chi connectivity index (χ0v) is 12.6. The van der Waals surface area contributed by atoms with Crippen molar-refractivity contribution >= 4 is 5.91 Å². The van der Waals surface area contributed by atoms with Crippen molar-refractivity contribution in [1.29, 1.82) is 0 Å². The van der Waals surface area contributed by atoms with Crippen LogP contribution in [0.5, 0.6) is 0 Å². The maximum Gasteiger partial charge on any atom is 0.237 e. The van der Waals surface area contributed by atoms with Gasteiger partial charge in [-0.3, -0.25) is 4.79 Å². The van der Waals surface area contributed by atoms with Gasteiger partial charge in [-0.2, -0.15) is 0 Å². The highest BCUT2D eigenvalue weighted by Crippen LogP contribution is 2.35. The first-order chi connectivity index (χ1) is 8.98. The summed E-state index contributed by atoms with van der Waals surface area (Å²) in [6, 6.07) is 0.535. The van der Waals surface area contributed by atoms with Crippen molar-refractivity contribution in [3.05, 3.63) is 0 Å². The van der Waals surface area contributed by atoms with Crippen LogP contribution in [-0.2, 0) is 4.79 Å². The highest BCUT2D eigenvalue weighted by atomic mass is 16.1. The number of nitrogens with zero attached hydrogens (tertiary/aromatic N) is 1. The van der Waals surface area contributed by atoms with Gasteiger partial charge in [-0.05, 0) is 64.1 Å². The third kappa shape index (κ3) is 2.95. The lowest BCUT2D eigenvalue weighted by atomic mass is 9.86. The zero-order chi connectivity index (χ0) is 14.0. The van der Waals surface area contributed by atoms with Gasteiger partial charge in [0.2, 0.25) is 5.91 Å². The van der Waals surface area contributed by atoms with Gasteiger partial charge in [0.05, 0.1) is 5.54 Å². The monoisotopic (exact) mass is 267 g/mol. The van der Waals surface area contributed by atoms with E-state index in [1.54, 1.807) is 0 Å². The molecule has 19 heavy (non-hydrogen) atoms. The summed E-state index contributed by atoms with van der Waals surface area (Å²) in [4.78, 5) is 14.2. The molecule has 2 unspecified atom stereocenters. The fourth-order valence-corrected chi connectivity index (χ4v) is 3.86. The molecular formula is C15H29N3O. The predicted molar refractivity (Wildman–Crippen MR) is 77.8 cm³/mol. The molecule has 4 heteroatoms. The Kier molecular flexibility index (Phi) is 4.51. The Hall–Kier alpha value is -0.610. The van der Waals surface area contributed by atoms with Crippen LogP contribution in [0.25, 0.3) is 0 Å². The Labute approximate surface area is 117 Å². The molecule has 3 N–H and O–H groups in total. The normalized spacial score (nSPS) is 34.0. The van der Waals surface area contributed by atoms with Crippen LogP contribution in [0.4, 0.5) is 0 Å². The first-order valence-corrected chi connectivity index (χ1v) is 7.71. The second-order valence-electron chi connectivity index (χ2n) is 6.71. The summed E-state index contributed by atoms with van der Waals surface area (Å²) in [6.07, 6.45) is 5.46. The van der Waals surface area contributed by atoms with Gasteiger partial charge in [-0.1, -0.05) is 13.8 Å². The first-order valence-electron chi connectivity index (χ1n) is 7.71. The minimum Gasteiger partial charge on any atom is -0.368 e. The van der Waals surface area contributed by atoms with Gasteiger partial charge in [-0.25, -0.2) is 0 Å². The Bertz CT molecular complexity index is 323. The summed E-state index contributed by atoms with van der Waals surface area (Å²) in [5, 5.41) is 3.17. The number of carbonyl (C=O) groups excluding carboxylic acids is 1. The van der Waals surface area contributed by atoms with Gasteiger partial charge in [0, 0.05) is 6.04 Å². The van der Waals surface area contributed by atoms with Crippen molar-refractivity contribution in [1.82, 2.24) is 10.2 Å². The fraction of sp³-hybridized carbons (Fsp3) is 0.933. The second kappa shape index (κ2) is 5.80. The van der Waals surface area contributed by atoms with E-state index in [4.69, 9.17) is 5.73 Å². The molecule has 4 nitrogen and oxygen atoms in total. The lowest BCUT2D eigenvalue weighted by Crippen LogP contribution is -2.53. The molecule has 0 aromatic heterocycles. The lowest BCUT2D eigenvalue weighted by Gasteiger charge is -2.38. The van der Waals surface area contributed by atoms with E-state index in [2.05, 4.69) is 24.1 Å². The molecule has 2 atom stereocenters. The molecule has 1 aliphatic carbocycles. The van der Waals surface area contributed by atoms with Crippen molar-refractivity contribution in [2.45, 2.75) is 57.5 Å². The quantitative estimate of drug-likeness (QED) is 0.808. The summed E-state index contributed by atoms with van der Waals surface area (Å²) < 4.78 is 0. The maximum absolute atomic E-state index is 11.7. The molecular weight excluding hydrogens is 238 g/mol. The molecule has 2 aliphatic rings. The number of likely N-dealkylation sites (N-methyl/N-ethyl adjacent to an activating group) is 1. The SMILES string of the molecule is CNC1(C(N)=O)CCC(N2CCC(C(C)C)CC2)C1.